The van der Waals surface area contributed by atoms with E-state index >= 15 is 0 Å². The molecule has 0 N–H and O–H groups in total. The van der Waals surface area contributed by atoms with Gasteiger partial charge in [0.05, 0.1) is 6.26 Å². The molecule has 1 aromatic carbocycles. The first-order valence-corrected chi connectivity index (χ1v) is 10.5. The summed E-state index contributed by atoms with van der Waals surface area (Å²) in [6.45, 7) is 9.16. The number of furan rings is 1. The zero-order valence-corrected chi connectivity index (χ0v) is 17.7. The molecule has 4 aromatic rings. The van der Waals surface area contributed by atoms with Gasteiger partial charge in [0.1, 0.15) is 5.58 Å². The van der Waals surface area contributed by atoms with E-state index in [1.165, 1.54) is 5.56 Å². The predicted octanol–water partition coefficient (Wildman–Crippen LogP) is 5.21. The molecule has 0 bridgehead atoms. The van der Waals surface area contributed by atoms with Gasteiger partial charge in [-0.15, -0.1) is 10.2 Å². The Bertz CT molecular complexity index is 1210. The fraction of sp³-hybridized carbons (Fsp3) is 0.318. The zero-order valence-electron chi connectivity index (χ0n) is 16.9. The van der Waals surface area contributed by atoms with E-state index in [4.69, 9.17) is 8.83 Å². The number of rotatable bonds is 6. The normalized spacial score (nSPS) is 11.6. The van der Waals surface area contributed by atoms with E-state index in [1.54, 1.807) is 24.1 Å². The van der Waals surface area contributed by atoms with Crippen molar-refractivity contribution in [3.8, 4) is 11.6 Å². The highest BCUT2D eigenvalue weighted by Crippen LogP contribution is 2.30. The molecule has 3 heterocycles. The third-order valence-electron chi connectivity index (χ3n) is 4.81. The average Bonchev–Trinajstić information content (AvgIpc) is 3.31. The number of aryl methyl sites for hydroxylation is 2. The number of benzene rings is 1. The van der Waals surface area contributed by atoms with Crippen LogP contribution in [0, 0.1) is 19.8 Å². The minimum Gasteiger partial charge on any atom is -0.461 e. The number of hydrogen-bond acceptors (Lipinski definition) is 6. The van der Waals surface area contributed by atoms with Gasteiger partial charge in [-0.05, 0) is 60.7 Å². The maximum atomic E-state index is 12.1. The highest BCUT2D eigenvalue weighted by molar-refractivity contribution is 7.98. The van der Waals surface area contributed by atoms with Gasteiger partial charge in [0.25, 0.3) is 0 Å². The van der Waals surface area contributed by atoms with Crippen molar-refractivity contribution in [2.45, 2.75) is 45.1 Å². The lowest BCUT2D eigenvalue weighted by Crippen LogP contribution is -2.08. The molecule has 0 aliphatic heterocycles. The van der Waals surface area contributed by atoms with Crippen LogP contribution in [0.5, 0.6) is 0 Å². The summed E-state index contributed by atoms with van der Waals surface area (Å²) >= 11 is 1.56. The van der Waals surface area contributed by atoms with Crippen LogP contribution in [-0.4, -0.2) is 14.8 Å². The summed E-state index contributed by atoms with van der Waals surface area (Å²) in [4.78, 5) is 12.1. The summed E-state index contributed by atoms with van der Waals surface area (Å²) in [7, 11) is 0. The largest absolute Gasteiger partial charge is 0.461 e. The second-order valence-electron chi connectivity index (χ2n) is 7.60. The summed E-state index contributed by atoms with van der Waals surface area (Å²) in [6, 6.07) is 9.31. The number of nitrogens with zero attached hydrogens (tertiary/aromatic N) is 3. The number of fused-ring (bicyclic) bond motifs is 1. The second-order valence-corrected chi connectivity index (χ2v) is 8.54. The van der Waals surface area contributed by atoms with Crippen molar-refractivity contribution in [3.63, 3.8) is 0 Å². The van der Waals surface area contributed by atoms with Gasteiger partial charge in [-0.2, -0.15) is 0 Å². The van der Waals surface area contributed by atoms with Crippen LogP contribution in [0.4, 0.5) is 0 Å². The van der Waals surface area contributed by atoms with Crippen molar-refractivity contribution < 1.29 is 8.83 Å². The Morgan fingerprint density at radius 1 is 1.14 bits per heavy atom. The van der Waals surface area contributed by atoms with Crippen LogP contribution >= 0.6 is 11.8 Å². The Kier molecular flexibility index (Phi) is 5.32. The van der Waals surface area contributed by atoms with Crippen molar-refractivity contribution >= 4 is 22.7 Å². The summed E-state index contributed by atoms with van der Waals surface area (Å²) in [5, 5.41) is 10.5. The fourth-order valence-electron chi connectivity index (χ4n) is 3.26. The molecule has 0 saturated heterocycles. The van der Waals surface area contributed by atoms with E-state index in [9.17, 15) is 4.79 Å². The summed E-state index contributed by atoms with van der Waals surface area (Å²) in [5.41, 5.74) is 3.49. The highest BCUT2D eigenvalue weighted by Gasteiger charge is 2.18. The van der Waals surface area contributed by atoms with Crippen LogP contribution in [0.15, 0.2) is 55.4 Å². The van der Waals surface area contributed by atoms with Crippen LogP contribution < -0.4 is 5.63 Å². The monoisotopic (exact) mass is 409 g/mol. The van der Waals surface area contributed by atoms with Gasteiger partial charge in [0.2, 0.25) is 0 Å². The Morgan fingerprint density at radius 3 is 2.66 bits per heavy atom. The highest BCUT2D eigenvalue weighted by atomic mass is 32.2. The van der Waals surface area contributed by atoms with E-state index in [0.717, 1.165) is 34.0 Å². The molecule has 150 valence electrons. The molecule has 0 saturated carbocycles. The molecule has 0 radical (unpaired) electrons. The minimum atomic E-state index is -0.337. The molecular formula is C22H23N3O3S. The molecular weight excluding hydrogens is 386 g/mol. The van der Waals surface area contributed by atoms with E-state index < -0.39 is 0 Å². The van der Waals surface area contributed by atoms with Crippen LogP contribution in [-0.2, 0) is 12.3 Å². The van der Waals surface area contributed by atoms with Crippen LogP contribution in [0.1, 0.15) is 30.5 Å². The van der Waals surface area contributed by atoms with Crippen molar-refractivity contribution in [2.75, 3.05) is 0 Å². The molecule has 0 fully saturated rings. The van der Waals surface area contributed by atoms with E-state index in [-0.39, 0.29) is 5.63 Å². The molecule has 0 unspecified atom stereocenters. The van der Waals surface area contributed by atoms with Crippen molar-refractivity contribution in [1.82, 2.24) is 14.8 Å². The SMILES string of the molecule is Cc1cc2oc(=O)cc(CSc3nnc(-c4ccco4)n3CC(C)C)c2cc1C. The number of thioether (sulfide) groups is 1. The molecule has 0 aliphatic rings. The third kappa shape index (κ3) is 4.00. The topological polar surface area (TPSA) is 74.1 Å². The molecule has 0 amide bonds. The van der Waals surface area contributed by atoms with Crippen LogP contribution in [0.2, 0.25) is 0 Å². The molecule has 0 aliphatic carbocycles. The Labute approximate surface area is 172 Å². The van der Waals surface area contributed by atoms with Crippen molar-refractivity contribution in [2.24, 2.45) is 5.92 Å². The Hall–Kier alpha value is -2.80. The van der Waals surface area contributed by atoms with Crippen LogP contribution in [0.3, 0.4) is 0 Å². The lowest BCUT2D eigenvalue weighted by atomic mass is 10.0. The Balaban J connectivity index is 1.69. The first-order valence-electron chi connectivity index (χ1n) is 9.56. The summed E-state index contributed by atoms with van der Waals surface area (Å²) < 4.78 is 13.0. The molecule has 6 nitrogen and oxygen atoms in total. The number of aromatic nitrogens is 3. The first kappa shape index (κ1) is 19.5. The van der Waals surface area contributed by atoms with E-state index in [1.807, 2.05) is 25.1 Å². The molecule has 29 heavy (non-hydrogen) atoms. The van der Waals surface area contributed by atoms with Gasteiger partial charge < -0.3 is 8.83 Å². The van der Waals surface area contributed by atoms with E-state index in [2.05, 4.69) is 41.6 Å². The van der Waals surface area contributed by atoms with Crippen molar-refractivity contribution in [3.05, 3.63) is 63.7 Å². The maximum absolute atomic E-state index is 12.1. The zero-order chi connectivity index (χ0) is 20.5. The predicted molar refractivity (Wildman–Crippen MR) is 114 cm³/mol. The fourth-order valence-corrected chi connectivity index (χ4v) is 4.20. The molecule has 3 aromatic heterocycles. The standard InChI is InChI=1S/C22H23N3O3S/c1-13(2)11-25-21(18-6-5-7-27-18)23-24-22(25)29-12-16-10-20(26)28-19-9-15(4)14(3)8-17(16)19/h5-10,13H,11-12H2,1-4H3. The van der Waals surface area contributed by atoms with Gasteiger partial charge >= 0.3 is 5.63 Å². The minimum absolute atomic E-state index is 0.337. The lowest BCUT2D eigenvalue weighted by Gasteiger charge is -2.12. The van der Waals surface area contributed by atoms with Gasteiger partial charge in [-0.3, -0.25) is 4.57 Å². The first-order chi connectivity index (χ1) is 13.9. The van der Waals surface area contributed by atoms with Gasteiger partial charge in [-0.25, -0.2) is 4.79 Å². The van der Waals surface area contributed by atoms with Crippen molar-refractivity contribution in [1.29, 1.82) is 0 Å². The average molecular weight is 410 g/mol. The molecule has 0 atom stereocenters. The lowest BCUT2D eigenvalue weighted by molar-refractivity contribution is 0.489. The van der Waals surface area contributed by atoms with Gasteiger partial charge in [-0.1, -0.05) is 25.6 Å². The maximum Gasteiger partial charge on any atom is 0.336 e. The molecule has 4 rings (SSSR count). The Morgan fingerprint density at radius 2 is 1.93 bits per heavy atom. The summed E-state index contributed by atoms with van der Waals surface area (Å²) in [6.07, 6.45) is 1.64. The van der Waals surface area contributed by atoms with Gasteiger partial charge in [0.15, 0.2) is 16.7 Å². The molecule has 7 heteroatoms. The smallest absolute Gasteiger partial charge is 0.336 e. The third-order valence-corrected chi connectivity index (χ3v) is 5.82. The summed E-state index contributed by atoms with van der Waals surface area (Å²) in [5.74, 6) is 2.44. The van der Waals surface area contributed by atoms with Gasteiger partial charge in [0, 0.05) is 23.8 Å². The van der Waals surface area contributed by atoms with E-state index in [0.29, 0.717) is 23.0 Å². The quantitative estimate of drug-likeness (QED) is 0.321. The number of hydrogen-bond donors (Lipinski definition) is 0. The molecule has 0 spiro atoms. The van der Waals surface area contributed by atoms with Crippen LogP contribution in [0.25, 0.3) is 22.6 Å². The second kappa shape index (κ2) is 7.91.